The highest BCUT2D eigenvalue weighted by Crippen LogP contribution is 2.37. The maximum Gasteiger partial charge on any atom is 0.407 e. The molecule has 12 nitrogen and oxygen atoms in total. The number of benzene rings is 1. The molecular weight excluding hydrogens is 607 g/mol. The van der Waals surface area contributed by atoms with Crippen LogP contribution in [-0.4, -0.2) is 119 Å². The third kappa shape index (κ3) is 7.85. The summed E-state index contributed by atoms with van der Waals surface area (Å²) in [6.45, 7) is 14.4. The van der Waals surface area contributed by atoms with Crippen molar-refractivity contribution in [3.8, 4) is 5.88 Å². The number of aromatic nitrogens is 1. The number of anilines is 2. The van der Waals surface area contributed by atoms with E-state index in [4.69, 9.17) is 9.47 Å². The standard InChI is InChI=1S/C34H47FN6O6/c1-20(2)32(43)36-31-26(11-25-7-9-27(35)10-8-25)12-29-33(37-31)47-19-24(6)41(29)30(42)16-38-13-21(3)40(34(44)45)15-28(38)14-39-22(4)17-46-18-23(39)5/h7-10,12,20-24,28H,11,13-19H2,1-6H3,(H,44,45)(H,36,37,43)/t21-,22-,23-,24+,28+/m1/s1. The molecule has 5 rings (SSSR count). The Hall–Kier alpha value is -3.81. The Morgan fingerprint density at radius 3 is 2.32 bits per heavy atom. The van der Waals surface area contributed by atoms with Gasteiger partial charge in [-0.2, -0.15) is 4.98 Å². The van der Waals surface area contributed by atoms with Crippen molar-refractivity contribution in [3.63, 3.8) is 0 Å². The lowest BCUT2D eigenvalue weighted by Crippen LogP contribution is -2.65. The third-order valence-corrected chi connectivity index (χ3v) is 9.36. The van der Waals surface area contributed by atoms with Crippen molar-refractivity contribution >= 4 is 29.4 Å². The van der Waals surface area contributed by atoms with Gasteiger partial charge in [0.15, 0.2) is 0 Å². The lowest BCUT2D eigenvalue weighted by molar-refractivity contribution is -0.123. The Balaban J connectivity index is 1.45. The maximum absolute atomic E-state index is 14.3. The zero-order valence-electron chi connectivity index (χ0n) is 28.1. The van der Waals surface area contributed by atoms with Crippen LogP contribution in [0.15, 0.2) is 30.3 Å². The first-order chi connectivity index (χ1) is 22.3. The molecule has 1 aromatic heterocycles. The maximum atomic E-state index is 14.3. The highest BCUT2D eigenvalue weighted by Gasteiger charge is 2.40. The Bertz CT molecular complexity index is 1450. The number of hydrogen-bond donors (Lipinski definition) is 2. The number of pyridine rings is 1. The van der Waals surface area contributed by atoms with E-state index in [-0.39, 0.29) is 79.3 Å². The van der Waals surface area contributed by atoms with Gasteiger partial charge in [-0.05, 0) is 51.5 Å². The van der Waals surface area contributed by atoms with Crippen LogP contribution in [0.3, 0.4) is 0 Å². The number of nitrogens with zero attached hydrogens (tertiary/aromatic N) is 5. The number of fused-ring (bicyclic) bond motifs is 1. The van der Waals surface area contributed by atoms with E-state index in [2.05, 4.69) is 33.9 Å². The van der Waals surface area contributed by atoms with Gasteiger partial charge >= 0.3 is 6.09 Å². The molecule has 0 spiro atoms. The molecule has 4 heterocycles. The van der Waals surface area contributed by atoms with Gasteiger partial charge in [-0.1, -0.05) is 26.0 Å². The van der Waals surface area contributed by atoms with Crippen LogP contribution in [0.4, 0.5) is 20.7 Å². The van der Waals surface area contributed by atoms with E-state index in [0.717, 1.165) is 5.56 Å². The minimum absolute atomic E-state index is 0.0818. The number of nitrogens with one attached hydrogen (secondary N) is 1. The number of carboxylic acid groups (broad SMARTS) is 1. The van der Waals surface area contributed by atoms with Gasteiger partial charge in [-0.15, -0.1) is 0 Å². The lowest BCUT2D eigenvalue weighted by Gasteiger charge is -2.48. The molecule has 2 aromatic rings. The number of piperazine rings is 1. The van der Waals surface area contributed by atoms with Gasteiger partial charge in [0.05, 0.1) is 25.8 Å². The van der Waals surface area contributed by atoms with Gasteiger partial charge in [0, 0.05) is 61.7 Å². The van der Waals surface area contributed by atoms with Crippen LogP contribution in [0.2, 0.25) is 0 Å². The monoisotopic (exact) mass is 654 g/mol. The second-order valence-electron chi connectivity index (χ2n) is 13.5. The minimum atomic E-state index is -0.965. The molecule has 3 amide bonds. The van der Waals surface area contributed by atoms with Crippen LogP contribution in [0, 0.1) is 11.7 Å². The van der Waals surface area contributed by atoms with E-state index in [1.807, 2.05) is 19.9 Å². The predicted molar refractivity (Wildman–Crippen MR) is 175 cm³/mol. The highest BCUT2D eigenvalue weighted by molar-refractivity contribution is 5.98. The van der Waals surface area contributed by atoms with Crippen LogP contribution in [0.5, 0.6) is 5.88 Å². The average Bonchev–Trinajstić information content (AvgIpc) is 3.01. The van der Waals surface area contributed by atoms with Gasteiger partial charge in [0.2, 0.25) is 17.7 Å². The lowest BCUT2D eigenvalue weighted by atomic mass is 10.0. The van der Waals surface area contributed by atoms with Crippen molar-refractivity contribution in [1.82, 2.24) is 19.7 Å². The first-order valence-corrected chi connectivity index (χ1v) is 16.4. The normalized spacial score (nSPS) is 25.3. The molecule has 5 atom stereocenters. The van der Waals surface area contributed by atoms with Crippen LogP contribution in [-0.2, 0) is 20.7 Å². The van der Waals surface area contributed by atoms with Gasteiger partial charge in [-0.25, -0.2) is 9.18 Å². The molecule has 47 heavy (non-hydrogen) atoms. The largest absolute Gasteiger partial charge is 0.474 e. The first kappa shape index (κ1) is 34.5. The SMILES string of the molecule is CC(C)C(=O)Nc1nc2c(cc1Cc1ccc(F)cc1)N(C(=O)CN1C[C@@H](C)N(C(=O)O)C[C@@H]1CN1[C@H](C)COC[C@H]1C)[C@@H](C)CO2. The van der Waals surface area contributed by atoms with E-state index in [0.29, 0.717) is 49.8 Å². The van der Waals surface area contributed by atoms with Crippen molar-refractivity contribution in [3.05, 3.63) is 47.3 Å². The van der Waals surface area contributed by atoms with Gasteiger partial charge < -0.3 is 29.7 Å². The molecule has 0 unspecified atom stereocenters. The Labute approximate surface area is 275 Å². The number of hydrogen-bond acceptors (Lipinski definition) is 8. The summed E-state index contributed by atoms with van der Waals surface area (Å²) in [6.07, 6.45) is -0.621. The number of morpholine rings is 1. The van der Waals surface area contributed by atoms with Gasteiger partial charge in [0.1, 0.15) is 23.9 Å². The van der Waals surface area contributed by atoms with Crippen LogP contribution in [0.1, 0.15) is 52.7 Å². The Kier molecular flexibility index (Phi) is 10.7. The molecule has 0 aliphatic carbocycles. The summed E-state index contributed by atoms with van der Waals surface area (Å²) in [5, 5.41) is 12.8. The van der Waals surface area contributed by atoms with E-state index in [1.165, 1.54) is 17.0 Å². The topological polar surface area (TPSA) is 128 Å². The number of halogens is 1. The summed E-state index contributed by atoms with van der Waals surface area (Å²) in [6, 6.07) is 7.48. The molecule has 0 saturated carbocycles. The van der Waals surface area contributed by atoms with Crippen LogP contribution >= 0.6 is 0 Å². The summed E-state index contributed by atoms with van der Waals surface area (Å²) < 4.78 is 25.4. The fourth-order valence-corrected chi connectivity index (χ4v) is 6.65. The molecule has 0 radical (unpaired) electrons. The fourth-order valence-electron chi connectivity index (χ4n) is 6.65. The summed E-state index contributed by atoms with van der Waals surface area (Å²) in [5.41, 5.74) is 1.98. The number of rotatable bonds is 8. The van der Waals surface area contributed by atoms with Gasteiger partial charge in [-0.3, -0.25) is 19.4 Å². The van der Waals surface area contributed by atoms with Crippen molar-refractivity contribution in [2.45, 2.75) is 78.2 Å². The molecule has 3 aliphatic rings. The molecule has 2 fully saturated rings. The zero-order valence-corrected chi connectivity index (χ0v) is 28.1. The number of amides is 3. The Morgan fingerprint density at radius 1 is 1.00 bits per heavy atom. The van der Waals surface area contributed by atoms with Crippen molar-refractivity contribution in [2.24, 2.45) is 5.92 Å². The number of carbonyl (C=O) groups is 3. The van der Waals surface area contributed by atoms with Gasteiger partial charge in [0.25, 0.3) is 0 Å². The molecule has 3 aliphatic heterocycles. The van der Waals surface area contributed by atoms with E-state index < -0.39 is 6.09 Å². The molecule has 13 heteroatoms. The van der Waals surface area contributed by atoms with Crippen molar-refractivity contribution < 1.29 is 33.4 Å². The Morgan fingerprint density at radius 2 is 1.68 bits per heavy atom. The van der Waals surface area contributed by atoms with E-state index in [1.54, 1.807) is 30.9 Å². The summed E-state index contributed by atoms with van der Waals surface area (Å²) in [4.78, 5) is 51.5. The van der Waals surface area contributed by atoms with E-state index in [9.17, 15) is 23.9 Å². The summed E-state index contributed by atoms with van der Waals surface area (Å²) >= 11 is 0. The second-order valence-corrected chi connectivity index (χ2v) is 13.5. The van der Waals surface area contributed by atoms with E-state index >= 15 is 0 Å². The quantitative estimate of drug-likeness (QED) is 0.438. The smallest absolute Gasteiger partial charge is 0.407 e. The second kappa shape index (κ2) is 14.5. The number of ether oxygens (including phenoxy) is 2. The minimum Gasteiger partial charge on any atom is -0.474 e. The molecule has 2 N–H and O–H groups in total. The molecule has 2 saturated heterocycles. The van der Waals surface area contributed by atoms with Crippen molar-refractivity contribution in [1.29, 1.82) is 0 Å². The fraction of sp³-hybridized carbons (Fsp3) is 0.588. The molecule has 256 valence electrons. The van der Waals surface area contributed by atoms with Crippen molar-refractivity contribution in [2.75, 3.05) is 56.2 Å². The first-order valence-electron chi connectivity index (χ1n) is 16.4. The third-order valence-electron chi connectivity index (χ3n) is 9.36. The molecular formula is C34H47FN6O6. The van der Waals surface area contributed by atoms with Crippen LogP contribution in [0.25, 0.3) is 0 Å². The predicted octanol–water partition coefficient (Wildman–Crippen LogP) is 3.68. The van der Waals surface area contributed by atoms with Crippen LogP contribution < -0.4 is 15.0 Å². The average molecular weight is 655 g/mol. The summed E-state index contributed by atoms with van der Waals surface area (Å²) in [5.74, 6) is -0.417. The number of carbonyl (C=O) groups excluding carboxylic acids is 2. The highest BCUT2D eigenvalue weighted by atomic mass is 19.1. The summed E-state index contributed by atoms with van der Waals surface area (Å²) in [7, 11) is 0. The zero-order chi connectivity index (χ0) is 34.0. The molecule has 1 aromatic carbocycles. The molecule has 0 bridgehead atoms.